The number of carbonyl (C=O) groups is 3. The van der Waals surface area contributed by atoms with Crippen molar-refractivity contribution in [1.82, 2.24) is 0 Å². The molecule has 0 aromatic rings. The fourth-order valence-electron chi connectivity index (χ4n) is 8.92. The maximum absolute atomic E-state index is 14.1. The largest absolute Gasteiger partial charge is 0.469 e. The number of ether oxygens (including phenoxy) is 2. The van der Waals surface area contributed by atoms with Gasteiger partial charge in [0, 0.05) is 18.8 Å². The van der Waals surface area contributed by atoms with Crippen LogP contribution in [0.2, 0.25) is 0 Å². The van der Waals surface area contributed by atoms with Crippen molar-refractivity contribution in [3.63, 3.8) is 0 Å². The molecule has 5 nitrogen and oxygen atoms in total. The first kappa shape index (κ1) is 25.2. The number of alkyl halides is 1. The minimum absolute atomic E-state index is 0.0296. The van der Waals surface area contributed by atoms with E-state index in [0.717, 1.165) is 44.9 Å². The lowest BCUT2D eigenvalue weighted by atomic mass is 9.44. The van der Waals surface area contributed by atoms with Gasteiger partial charge in [0.25, 0.3) is 0 Å². The molecule has 0 saturated heterocycles. The van der Waals surface area contributed by atoms with Gasteiger partial charge >= 0.3 is 11.9 Å². The van der Waals surface area contributed by atoms with Crippen molar-refractivity contribution in [2.45, 2.75) is 96.4 Å². The highest BCUT2D eigenvalue weighted by molar-refractivity contribution is 9.10. The smallest absolute Gasteiger partial charge is 0.305 e. The highest BCUT2D eigenvalue weighted by atomic mass is 79.9. The summed E-state index contributed by atoms with van der Waals surface area (Å²) in [7, 11) is 1.44. The molecule has 4 saturated carbocycles. The Kier molecular flexibility index (Phi) is 7.08. The maximum atomic E-state index is 14.1. The molecule has 0 heterocycles. The molecule has 10 atom stereocenters. The van der Waals surface area contributed by atoms with Crippen molar-refractivity contribution >= 4 is 33.7 Å². The van der Waals surface area contributed by atoms with Crippen molar-refractivity contribution < 1.29 is 23.9 Å². The molecule has 0 aliphatic heterocycles. The Morgan fingerprint density at radius 2 is 1.88 bits per heavy atom. The van der Waals surface area contributed by atoms with E-state index in [2.05, 4.69) is 36.7 Å². The molecule has 0 amide bonds. The van der Waals surface area contributed by atoms with E-state index in [0.29, 0.717) is 47.7 Å². The van der Waals surface area contributed by atoms with E-state index in [4.69, 9.17) is 9.47 Å². The average molecular weight is 526 g/mol. The van der Waals surface area contributed by atoms with Crippen LogP contribution in [0.3, 0.4) is 0 Å². The third-order valence-corrected chi connectivity index (χ3v) is 11.5. The fourth-order valence-corrected chi connectivity index (χ4v) is 10.4. The first-order valence-corrected chi connectivity index (χ1v) is 13.9. The van der Waals surface area contributed by atoms with E-state index in [1.165, 1.54) is 20.5 Å². The van der Waals surface area contributed by atoms with Gasteiger partial charge in [-0.05, 0) is 92.3 Å². The standard InChI is InChI=1S/C27H41BrO5/c1-15(6-11-22(30)32-5)20-9-10-21-19-8-7-17-14-18(33-16(2)29)12-13-26(17,3)23(19)24(28)25(31)27(20,21)4/h15,17-21,23-24H,6-14H2,1-5H3/t15-,17+,18-,19+,20-,21+,23-,24+,26+,27-/m1/s1. The predicted octanol–water partition coefficient (Wildman–Crippen LogP) is 5.72. The van der Waals surface area contributed by atoms with Crippen molar-refractivity contribution in [2.75, 3.05) is 7.11 Å². The number of esters is 2. The van der Waals surface area contributed by atoms with Gasteiger partial charge in [0.15, 0.2) is 5.78 Å². The van der Waals surface area contributed by atoms with Gasteiger partial charge in [0.2, 0.25) is 0 Å². The van der Waals surface area contributed by atoms with Crippen LogP contribution >= 0.6 is 15.9 Å². The van der Waals surface area contributed by atoms with E-state index in [-0.39, 0.29) is 33.7 Å². The zero-order valence-corrected chi connectivity index (χ0v) is 22.5. The summed E-state index contributed by atoms with van der Waals surface area (Å²) in [6, 6.07) is 0. The van der Waals surface area contributed by atoms with Crippen LogP contribution in [0.1, 0.15) is 85.5 Å². The van der Waals surface area contributed by atoms with Crippen LogP contribution in [0.15, 0.2) is 0 Å². The molecule has 4 rings (SSSR count). The molecule has 33 heavy (non-hydrogen) atoms. The summed E-state index contributed by atoms with van der Waals surface area (Å²) in [5.74, 6) is 2.54. The lowest BCUT2D eigenvalue weighted by Gasteiger charge is -2.62. The Bertz CT molecular complexity index is 797. The van der Waals surface area contributed by atoms with Gasteiger partial charge in [0.1, 0.15) is 6.10 Å². The highest BCUT2D eigenvalue weighted by Crippen LogP contribution is 2.68. The molecule has 186 valence electrons. The Balaban J connectivity index is 1.55. The van der Waals surface area contributed by atoms with Crippen LogP contribution in [0.4, 0.5) is 0 Å². The van der Waals surface area contributed by atoms with E-state index >= 15 is 0 Å². The second-order valence-corrected chi connectivity index (χ2v) is 12.9. The molecule has 0 spiro atoms. The van der Waals surface area contributed by atoms with Crippen LogP contribution in [-0.4, -0.2) is 35.8 Å². The summed E-state index contributed by atoms with van der Waals surface area (Å²) in [6.07, 6.45) is 8.62. The van der Waals surface area contributed by atoms with E-state index < -0.39 is 0 Å². The number of ketones is 1. The van der Waals surface area contributed by atoms with E-state index in [1.54, 1.807) is 0 Å². The molecular formula is C27H41BrO5. The van der Waals surface area contributed by atoms with Crippen molar-refractivity contribution in [3.8, 4) is 0 Å². The molecule has 0 bridgehead atoms. The van der Waals surface area contributed by atoms with Crippen LogP contribution in [0, 0.1) is 46.3 Å². The van der Waals surface area contributed by atoms with Gasteiger partial charge in [-0.1, -0.05) is 36.7 Å². The molecular weight excluding hydrogens is 484 g/mol. The summed E-state index contributed by atoms with van der Waals surface area (Å²) >= 11 is 3.96. The molecule has 0 aromatic carbocycles. The van der Waals surface area contributed by atoms with Gasteiger partial charge in [-0.25, -0.2) is 0 Å². The first-order chi connectivity index (χ1) is 15.5. The molecule has 4 fully saturated rings. The monoisotopic (exact) mass is 524 g/mol. The summed E-state index contributed by atoms with van der Waals surface area (Å²) in [5.41, 5.74) is -0.206. The normalized spacial score (nSPS) is 45.4. The summed E-state index contributed by atoms with van der Waals surface area (Å²) in [4.78, 5) is 37.2. The lowest BCUT2D eigenvalue weighted by molar-refractivity contribution is -0.165. The SMILES string of the molecule is COC(=O)CC[C@@H](C)[C@H]1CC[C@H]2[C@@H]3CC[C@H]4C[C@H](OC(C)=O)CC[C@]4(C)[C@H]3[C@H](Br)C(=O)[C@]12C. The van der Waals surface area contributed by atoms with E-state index in [1.807, 2.05) is 0 Å². The Morgan fingerprint density at radius 1 is 1.15 bits per heavy atom. The summed E-state index contributed by atoms with van der Waals surface area (Å²) in [6.45, 7) is 8.37. The quantitative estimate of drug-likeness (QED) is 0.339. The predicted molar refractivity (Wildman–Crippen MR) is 130 cm³/mol. The second-order valence-electron chi connectivity index (χ2n) is 11.9. The molecule has 0 N–H and O–H groups in total. The number of rotatable bonds is 5. The summed E-state index contributed by atoms with van der Waals surface area (Å²) < 4.78 is 10.4. The van der Waals surface area contributed by atoms with Crippen LogP contribution in [-0.2, 0) is 23.9 Å². The van der Waals surface area contributed by atoms with Crippen molar-refractivity contribution in [2.24, 2.45) is 46.3 Å². The van der Waals surface area contributed by atoms with Crippen LogP contribution in [0.5, 0.6) is 0 Å². The van der Waals surface area contributed by atoms with Gasteiger partial charge in [-0.2, -0.15) is 0 Å². The Morgan fingerprint density at radius 3 is 2.55 bits per heavy atom. The number of Topliss-reactive ketones (excluding diaryl/α,β-unsaturated/α-hetero) is 1. The lowest BCUT2D eigenvalue weighted by Crippen LogP contribution is -2.62. The number of fused-ring (bicyclic) bond motifs is 5. The molecule has 4 aliphatic rings. The number of hydrogen-bond donors (Lipinski definition) is 0. The topological polar surface area (TPSA) is 69.7 Å². The minimum Gasteiger partial charge on any atom is -0.469 e. The Labute approximate surface area is 207 Å². The number of hydrogen-bond acceptors (Lipinski definition) is 5. The zero-order chi connectivity index (χ0) is 24.1. The highest BCUT2D eigenvalue weighted by Gasteiger charge is 2.66. The van der Waals surface area contributed by atoms with Crippen molar-refractivity contribution in [3.05, 3.63) is 0 Å². The molecule has 0 aromatic heterocycles. The third-order valence-electron chi connectivity index (χ3n) is 10.5. The second kappa shape index (κ2) is 9.28. The Hall–Kier alpha value is -0.910. The van der Waals surface area contributed by atoms with Gasteiger partial charge in [-0.15, -0.1) is 0 Å². The molecule has 0 radical (unpaired) electrons. The zero-order valence-electron chi connectivity index (χ0n) is 20.9. The molecule has 6 heteroatoms. The maximum Gasteiger partial charge on any atom is 0.305 e. The fraction of sp³-hybridized carbons (Fsp3) is 0.889. The van der Waals surface area contributed by atoms with Gasteiger partial charge < -0.3 is 9.47 Å². The molecule has 4 aliphatic carbocycles. The molecule has 0 unspecified atom stereocenters. The van der Waals surface area contributed by atoms with Crippen LogP contribution < -0.4 is 0 Å². The number of methoxy groups -OCH3 is 1. The summed E-state index contributed by atoms with van der Waals surface area (Å²) in [5, 5.41) is 0. The minimum atomic E-state index is -0.316. The van der Waals surface area contributed by atoms with Gasteiger partial charge in [0.05, 0.1) is 11.9 Å². The number of carbonyl (C=O) groups excluding carboxylic acids is 3. The van der Waals surface area contributed by atoms with Crippen molar-refractivity contribution in [1.29, 1.82) is 0 Å². The third kappa shape index (κ3) is 4.10. The van der Waals surface area contributed by atoms with Crippen LogP contribution in [0.25, 0.3) is 0 Å². The van der Waals surface area contributed by atoms with E-state index in [9.17, 15) is 14.4 Å². The number of halogens is 1. The van der Waals surface area contributed by atoms with Gasteiger partial charge in [-0.3, -0.25) is 14.4 Å². The first-order valence-electron chi connectivity index (χ1n) is 13.0. The average Bonchev–Trinajstić information content (AvgIpc) is 3.13.